The van der Waals surface area contributed by atoms with Crippen LogP contribution < -0.4 is 0 Å². The van der Waals surface area contributed by atoms with Crippen LogP contribution in [0.25, 0.3) is 44.3 Å². The molecule has 0 aliphatic rings. The molecule has 6 heteroatoms. The highest BCUT2D eigenvalue weighted by molar-refractivity contribution is 9.10. The summed E-state index contributed by atoms with van der Waals surface area (Å²) in [6.07, 6.45) is 4.15. The molecule has 0 fully saturated rings. The van der Waals surface area contributed by atoms with Crippen molar-refractivity contribution in [3.8, 4) is 22.5 Å². The van der Waals surface area contributed by atoms with Crippen molar-refractivity contribution in [1.82, 2.24) is 19.4 Å². The quantitative estimate of drug-likeness (QED) is 0.407. The van der Waals surface area contributed by atoms with E-state index in [4.69, 9.17) is 4.63 Å². The first-order valence-electron chi connectivity index (χ1n) is 8.25. The summed E-state index contributed by atoms with van der Waals surface area (Å²) in [4.78, 5) is 0. The number of aryl methyl sites for hydroxylation is 2. The van der Waals surface area contributed by atoms with Crippen LogP contribution in [0.15, 0.2) is 64.0 Å². The summed E-state index contributed by atoms with van der Waals surface area (Å²) in [6.45, 7) is 0. The van der Waals surface area contributed by atoms with Crippen molar-refractivity contribution in [3.63, 3.8) is 0 Å². The molecule has 5 rings (SSSR count). The molecule has 5 aromatic rings. The summed E-state index contributed by atoms with van der Waals surface area (Å²) >= 11 is 3.57. The topological polar surface area (TPSA) is 48.8 Å². The van der Waals surface area contributed by atoms with Gasteiger partial charge in [0.15, 0.2) is 0 Å². The van der Waals surface area contributed by atoms with Crippen LogP contribution in [0, 0.1) is 0 Å². The Morgan fingerprint density at radius 1 is 0.808 bits per heavy atom. The molecule has 3 heterocycles. The van der Waals surface area contributed by atoms with Crippen molar-refractivity contribution in [1.29, 1.82) is 0 Å². The summed E-state index contributed by atoms with van der Waals surface area (Å²) < 4.78 is 10.4. The summed E-state index contributed by atoms with van der Waals surface area (Å²) in [6, 6.07) is 14.5. The Kier molecular flexibility index (Phi) is 3.30. The Balaban J connectivity index is 1.80. The van der Waals surface area contributed by atoms with Crippen LogP contribution in [0.1, 0.15) is 0 Å². The fourth-order valence-corrected chi connectivity index (χ4v) is 3.99. The largest absolute Gasteiger partial charge is 0.350 e. The first-order chi connectivity index (χ1) is 12.6. The normalized spacial score (nSPS) is 11.7. The predicted molar refractivity (Wildman–Crippen MR) is 106 cm³/mol. The summed E-state index contributed by atoms with van der Waals surface area (Å²) in [5, 5.41) is 10.7. The van der Waals surface area contributed by atoms with Gasteiger partial charge in [0.2, 0.25) is 0 Å². The van der Waals surface area contributed by atoms with E-state index in [1.807, 2.05) is 32.3 Å². The van der Waals surface area contributed by atoms with Crippen molar-refractivity contribution >= 4 is 37.7 Å². The first-order valence-corrected chi connectivity index (χ1v) is 9.05. The number of para-hydroxylation sites is 1. The molecule has 128 valence electrons. The molecule has 0 saturated heterocycles. The van der Waals surface area contributed by atoms with Gasteiger partial charge in [-0.3, -0.25) is 0 Å². The number of aromatic nitrogens is 4. The number of fused-ring (bicyclic) bond motifs is 2. The number of halogens is 1. The number of hydrogen-bond donors (Lipinski definition) is 0. The van der Waals surface area contributed by atoms with Crippen molar-refractivity contribution < 1.29 is 4.63 Å². The smallest absolute Gasteiger partial charge is 0.145 e. The molecule has 3 aromatic heterocycles. The highest BCUT2D eigenvalue weighted by Gasteiger charge is 2.21. The van der Waals surface area contributed by atoms with E-state index in [-0.39, 0.29) is 0 Å². The number of benzene rings is 2. The lowest BCUT2D eigenvalue weighted by Crippen LogP contribution is -1.84. The number of hydrogen-bond acceptors (Lipinski definition) is 3. The van der Waals surface area contributed by atoms with Crippen LogP contribution in [-0.4, -0.2) is 19.4 Å². The monoisotopic (exact) mass is 406 g/mol. The SMILES string of the molecule is Cn1cc(-c2nonc2-c2cn(C)c3ccc(Br)cc23)c2ccccc21. The molecule has 0 bridgehead atoms. The molecular formula is C20H15BrN4O. The van der Waals surface area contributed by atoms with Gasteiger partial charge in [-0.05, 0) is 34.6 Å². The van der Waals surface area contributed by atoms with Gasteiger partial charge in [0, 0.05) is 63.9 Å². The zero-order valence-corrected chi connectivity index (χ0v) is 15.9. The Hall–Kier alpha value is -2.86. The third kappa shape index (κ3) is 2.15. The number of rotatable bonds is 2. The molecule has 0 N–H and O–H groups in total. The maximum Gasteiger partial charge on any atom is 0.145 e. The molecule has 5 nitrogen and oxygen atoms in total. The van der Waals surface area contributed by atoms with Gasteiger partial charge >= 0.3 is 0 Å². The Bertz CT molecular complexity index is 1280. The van der Waals surface area contributed by atoms with Gasteiger partial charge in [-0.1, -0.05) is 34.1 Å². The van der Waals surface area contributed by atoms with Crippen molar-refractivity contribution in [2.24, 2.45) is 14.1 Å². The van der Waals surface area contributed by atoms with Crippen LogP contribution in [0.3, 0.4) is 0 Å². The molecule has 0 aliphatic carbocycles. The van der Waals surface area contributed by atoms with Crippen LogP contribution in [-0.2, 0) is 14.1 Å². The van der Waals surface area contributed by atoms with Crippen LogP contribution >= 0.6 is 15.9 Å². The molecule has 0 saturated carbocycles. The molecule has 26 heavy (non-hydrogen) atoms. The second-order valence-corrected chi connectivity index (χ2v) is 7.36. The Labute approximate surface area is 157 Å². The molecule has 0 aliphatic heterocycles. The predicted octanol–water partition coefficient (Wildman–Crippen LogP) is 5.15. The van der Waals surface area contributed by atoms with E-state index >= 15 is 0 Å². The third-order valence-corrected chi connectivity index (χ3v) is 5.34. The Morgan fingerprint density at radius 3 is 2.15 bits per heavy atom. The zero-order valence-electron chi connectivity index (χ0n) is 14.3. The van der Waals surface area contributed by atoms with E-state index in [9.17, 15) is 0 Å². The second kappa shape index (κ2) is 5.57. The van der Waals surface area contributed by atoms with Crippen LogP contribution in [0.5, 0.6) is 0 Å². The lowest BCUT2D eigenvalue weighted by atomic mass is 10.0. The minimum atomic E-state index is 0.755. The number of nitrogens with zero attached hydrogens (tertiary/aromatic N) is 4. The van der Waals surface area contributed by atoms with Gasteiger partial charge in [0.1, 0.15) is 11.4 Å². The van der Waals surface area contributed by atoms with Crippen molar-refractivity contribution in [2.45, 2.75) is 0 Å². The molecule has 0 unspecified atom stereocenters. The molecule has 0 atom stereocenters. The summed E-state index contributed by atoms with van der Waals surface area (Å²) in [7, 11) is 4.07. The van der Waals surface area contributed by atoms with Gasteiger partial charge in [0.25, 0.3) is 0 Å². The Morgan fingerprint density at radius 2 is 1.42 bits per heavy atom. The fraction of sp³-hybridized carbons (Fsp3) is 0.100. The summed E-state index contributed by atoms with van der Waals surface area (Å²) in [5.74, 6) is 0. The van der Waals surface area contributed by atoms with Gasteiger partial charge in [-0.25, -0.2) is 4.63 Å². The highest BCUT2D eigenvalue weighted by atomic mass is 79.9. The van der Waals surface area contributed by atoms with E-state index in [1.54, 1.807) is 0 Å². The second-order valence-electron chi connectivity index (χ2n) is 6.45. The van der Waals surface area contributed by atoms with Crippen LogP contribution in [0.2, 0.25) is 0 Å². The van der Waals surface area contributed by atoms with E-state index < -0.39 is 0 Å². The van der Waals surface area contributed by atoms with Crippen molar-refractivity contribution in [2.75, 3.05) is 0 Å². The van der Waals surface area contributed by atoms with E-state index in [0.717, 1.165) is 48.8 Å². The maximum absolute atomic E-state index is 5.17. The lowest BCUT2D eigenvalue weighted by molar-refractivity contribution is 0.310. The highest BCUT2D eigenvalue weighted by Crippen LogP contribution is 2.38. The standard InChI is InChI=1S/C20H15BrN4O/c1-24-10-15(13-5-3-4-6-17(13)24)19-20(23-26-22-19)16-11-25(2)18-8-7-12(21)9-14(16)18/h3-11H,1-2H3. The minimum Gasteiger partial charge on any atom is -0.350 e. The average molecular weight is 407 g/mol. The first kappa shape index (κ1) is 15.4. The zero-order chi connectivity index (χ0) is 17.8. The maximum atomic E-state index is 5.17. The molecule has 0 radical (unpaired) electrons. The van der Waals surface area contributed by atoms with E-state index in [0.29, 0.717) is 0 Å². The van der Waals surface area contributed by atoms with Gasteiger partial charge in [-0.2, -0.15) is 0 Å². The molecule has 0 amide bonds. The molecule has 0 spiro atoms. The lowest BCUT2D eigenvalue weighted by Gasteiger charge is -1.99. The summed E-state index contributed by atoms with van der Waals surface area (Å²) in [5.41, 5.74) is 5.82. The minimum absolute atomic E-state index is 0.755. The van der Waals surface area contributed by atoms with E-state index in [2.05, 4.69) is 72.0 Å². The average Bonchev–Trinajstić information content (AvgIpc) is 3.32. The van der Waals surface area contributed by atoms with Gasteiger partial charge < -0.3 is 9.13 Å². The molecular weight excluding hydrogens is 392 g/mol. The van der Waals surface area contributed by atoms with Gasteiger partial charge in [0.05, 0.1) is 0 Å². The van der Waals surface area contributed by atoms with E-state index in [1.165, 1.54) is 0 Å². The van der Waals surface area contributed by atoms with Gasteiger partial charge in [-0.15, -0.1) is 0 Å². The van der Waals surface area contributed by atoms with Crippen molar-refractivity contribution in [3.05, 3.63) is 59.3 Å². The van der Waals surface area contributed by atoms with Crippen LogP contribution in [0.4, 0.5) is 0 Å². The molecule has 2 aromatic carbocycles. The third-order valence-electron chi connectivity index (χ3n) is 4.85. The fourth-order valence-electron chi connectivity index (χ4n) is 3.63.